The van der Waals surface area contributed by atoms with Gasteiger partial charge in [0.1, 0.15) is 5.82 Å². The Morgan fingerprint density at radius 2 is 1.65 bits per heavy atom. The van der Waals surface area contributed by atoms with E-state index in [1.807, 2.05) is 11.7 Å². The van der Waals surface area contributed by atoms with E-state index < -0.39 is 0 Å². The van der Waals surface area contributed by atoms with Crippen LogP contribution in [0, 0.1) is 0 Å². The molecule has 0 amide bonds. The first-order chi connectivity index (χ1) is 12.6. The summed E-state index contributed by atoms with van der Waals surface area (Å²) in [4.78, 5) is 9.09. The molecule has 4 heteroatoms. The topological polar surface area (TPSA) is 30.7 Å². The summed E-state index contributed by atoms with van der Waals surface area (Å²) in [7, 11) is 0. The molecule has 4 aromatic rings. The standard InChI is InChI=1S/C22H23N3S/c1-14(2)17-6-5-7-18(15(3)4)21(17)25-11-10-23-22(25)16-8-9-19-20(12-16)26-13-24-19/h5-15H,1-4H3. The second-order valence-electron chi connectivity index (χ2n) is 7.25. The zero-order chi connectivity index (χ0) is 18.3. The highest BCUT2D eigenvalue weighted by atomic mass is 32.1. The summed E-state index contributed by atoms with van der Waals surface area (Å²) in [6.07, 6.45) is 3.98. The number of hydrogen-bond acceptors (Lipinski definition) is 3. The van der Waals surface area contributed by atoms with Gasteiger partial charge in [-0.05, 0) is 41.2 Å². The van der Waals surface area contributed by atoms with Gasteiger partial charge in [0.05, 0.1) is 21.4 Å². The average Bonchev–Trinajstić information content (AvgIpc) is 3.29. The van der Waals surface area contributed by atoms with Crippen LogP contribution in [0.2, 0.25) is 0 Å². The lowest BCUT2D eigenvalue weighted by molar-refractivity contribution is 0.807. The molecule has 2 aromatic heterocycles. The highest BCUT2D eigenvalue weighted by Gasteiger charge is 2.18. The van der Waals surface area contributed by atoms with Crippen molar-refractivity contribution in [3.63, 3.8) is 0 Å². The first kappa shape index (κ1) is 17.0. The van der Waals surface area contributed by atoms with E-state index in [0.29, 0.717) is 11.8 Å². The van der Waals surface area contributed by atoms with Crippen LogP contribution in [-0.2, 0) is 0 Å². The second kappa shape index (κ2) is 6.69. The molecular weight excluding hydrogens is 338 g/mol. The van der Waals surface area contributed by atoms with Crippen LogP contribution in [0.5, 0.6) is 0 Å². The van der Waals surface area contributed by atoms with E-state index in [-0.39, 0.29) is 0 Å². The number of imidazole rings is 1. The van der Waals surface area contributed by atoms with Crippen molar-refractivity contribution in [3.8, 4) is 17.1 Å². The van der Waals surface area contributed by atoms with Crippen molar-refractivity contribution in [2.24, 2.45) is 0 Å². The van der Waals surface area contributed by atoms with Crippen LogP contribution in [0.25, 0.3) is 27.3 Å². The van der Waals surface area contributed by atoms with Gasteiger partial charge in [0.25, 0.3) is 0 Å². The predicted octanol–water partition coefficient (Wildman–Crippen LogP) is 6.40. The molecule has 0 saturated heterocycles. The maximum Gasteiger partial charge on any atom is 0.144 e. The molecule has 0 aliphatic carbocycles. The minimum Gasteiger partial charge on any atom is -0.299 e. The minimum atomic E-state index is 0.447. The van der Waals surface area contributed by atoms with Gasteiger partial charge in [-0.3, -0.25) is 4.57 Å². The summed E-state index contributed by atoms with van der Waals surface area (Å²) in [5.74, 6) is 1.88. The summed E-state index contributed by atoms with van der Waals surface area (Å²) >= 11 is 1.67. The van der Waals surface area contributed by atoms with E-state index in [1.54, 1.807) is 11.3 Å². The normalized spacial score (nSPS) is 11.8. The van der Waals surface area contributed by atoms with Crippen molar-refractivity contribution in [1.82, 2.24) is 14.5 Å². The summed E-state index contributed by atoms with van der Waals surface area (Å²) < 4.78 is 3.45. The third-order valence-corrected chi connectivity index (χ3v) is 5.61. The van der Waals surface area contributed by atoms with Crippen LogP contribution in [0.4, 0.5) is 0 Å². The fourth-order valence-corrected chi connectivity index (χ4v) is 4.20. The molecule has 4 rings (SSSR count). The molecule has 0 radical (unpaired) electrons. The number of nitrogens with zero attached hydrogens (tertiary/aromatic N) is 3. The Morgan fingerprint density at radius 1 is 0.923 bits per heavy atom. The van der Waals surface area contributed by atoms with Gasteiger partial charge in [0.15, 0.2) is 0 Å². The Kier molecular flexibility index (Phi) is 4.37. The Balaban J connectivity index is 1.95. The third-order valence-electron chi connectivity index (χ3n) is 4.81. The molecule has 0 aliphatic rings. The van der Waals surface area contributed by atoms with Crippen LogP contribution in [0.1, 0.15) is 50.7 Å². The summed E-state index contributed by atoms with van der Waals surface area (Å²) in [5.41, 5.74) is 8.05. The molecule has 3 nitrogen and oxygen atoms in total. The summed E-state index contributed by atoms with van der Waals surface area (Å²) in [6.45, 7) is 9.01. The van der Waals surface area contributed by atoms with Gasteiger partial charge in [-0.15, -0.1) is 11.3 Å². The number of aromatic nitrogens is 3. The molecule has 0 saturated carbocycles. The number of para-hydroxylation sites is 1. The molecule has 2 aromatic carbocycles. The number of benzene rings is 2. The Morgan fingerprint density at radius 3 is 2.35 bits per heavy atom. The number of fused-ring (bicyclic) bond motifs is 1. The molecule has 0 bridgehead atoms. The van der Waals surface area contributed by atoms with Gasteiger partial charge in [0.2, 0.25) is 0 Å². The highest BCUT2D eigenvalue weighted by molar-refractivity contribution is 7.16. The lowest BCUT2D eigenvalue weighted by Gasteiger charge is -2.21. The van der Waals surface area contributed by atoms with Crippen molar-refractivity contribution < 1.29 is 0 Å². The van der Waals surface area contributed by atoms with Gasteiger partial charge < -0.3 is 0 Å². The van der Waals surface area contributed by atoms with Crippen molar-refractivity contribution in [2.75, 3.05) is 0 Å². The van der Waals surface area contributed by atoms with Gasteiger partial charge in [0, 0.05) is 18.0 Å². The van der Waals surface area contributed by atoms with E-state index in [2.05, 4.69) is 79.8 Å². The van der Waals surface area contributed by atoms with Gasteiger partial charge in [-0.25, -0.2) is 9.97 Å². The first-order valence-electron chi connectivity index (χ1n) is 9.06. The van der Waals surface area contributed by atoms with Crippen LogP contribution in [-0.4, -0.2) is 14.5 Å². The lowest BCUT2D eigenvalue weighted by Crippen LogP contribution is -2.07. The quantitative estimate of drug-likeness (QED) is 0.421. The fraction of sp³-hybridized carbons (Fsp3) is 0.273. The molecule has 0 unspecified atom stereocenters. The molecule has 0 fully saturated rings. The molecule has 0 aliphatic heterocycles. The summed E-state index contributed by atoms with van der Waals surface area (Å²) in [6, 6.07) is 13.0. The Labute approximate surface area is 158 Å². The van der Waals surface area contributed by atoms with Crippen LogP contribution < -0.4 is 0 Å². The molecule has 132 valence electrons. The van der Waals surface area contributed by atoms with Gasteiger partial charge in [-0.2, -0.15) is 0 Å². The minimum absolute atomic E-state index is 0.447. The highest BCUT2D eigenvalue weighted by Crippen LogP contribution is 2.34. The lowest BCUT2D eigenvalue weighted by atomic mass is 9.92. The molecule has 26 heavy (non-hydrogen) atoms. The van der Waals surface area contributed by atoms with Crippen LogP contribution in [0.3, 0.4) is 0 Å². The fourth-order valence-electron chi connectivity index (χ4n) is 3.48. The molecule has 0 N–H and O–H groups in total. The Bertz CT molecular complexity index is 1030. The van der Waals surface area contributed by atoms with E-state index in [0.717, 1.165) is 16.9 Å². The second-order valence-corrected chi connectivity index (χ2v) is 8.14. The number of thiazole rings is 1. The van der Waals surface area contributed by atoms with Crippen LogP contribution >= 0.6 is 11.3 Å². The maximum absolute atomic E-state index is 4.70. The van der Waals surface area contributed by atoms with E-state index >= 15 is 0 Å². The largest absolute Gasteiger partial charge is 0.299 e. The van der Waals surface area contributed by atoms with Gasteiger partial charge in [-0.1, -0.05) is 45.9 Å². The zero-order valence-corrected chi connectivity index (χ0v) is 16.4. The number of hydrogen-bond donors (Lipinski definition) is 0. The number of rotatable bonds is 4. The molecule has 2 heterocycles. The first-order valence-corrected chi connectivity index (χ1v) is 9.94. The smallest absolute Gasteiger partial charge is 0.144 e. The van der Waals surface area contributed by atoms with Crippen LogP contribution in [0.15, 0.2) is 54.3 Å². The molecule has 0 atom stereocenters. The van der Waals surface area contributed by atoms with Crippen molar-refractivity contribution in [1.29, 1.82) is 0 Å². The summed E-state index contributed by atoms with van der Waals surface area (Å²) in [5, 5.41) is 0. The Hall–Kier alpha value is -2.46. The molecule has 0 spiro atoms. The van der Waals surface area contributed by atoms with E-state index in [9.17, 15) is 0 Å². The van der Waals surface area contributed by atoms with Crippen molar-refractivity contribution in [2.45, 2.75) is 39.5 Å². The van der Waals surface area contributed by atoms with Gasteiger partial charge >= 0.3 is 0 Å². The van der Waals surface area contributed by atoms with E-state index in [1.165, 1.54) is 21.5 Å². The van der Waals surface area contributed by atoms with Crippen molar-refractivity contribution in [3.05, 3.63) is 65.4 Å². The van der Waals surface area contributed by atoms with E-state index in [4.69, 9.17) is 4.98 Å². The third kappa shape index (κ3) is 2.84. The predicted molar refractivity (Wildman–Crippen MR) is 110 cm³/mol. The monoisotopic (exact) mass is 361 g/mol. The maximum atomic E-state index is 4.70. The average molecular weight is 362 g/mol. The zero-order valence-electron chi connectivity index (χ0n) is 15.6. The van der Waals surface area contributed by atoms with Crippen molar-refractivity contribution >= 4 is 21.6 Å². The SMILES string of the molecule is CC(C)c1cccc(C(C)C)c1-n1ccnc1-c1ccc2ncsc2c1. The molecular formula is C22H23N3S.